The number of nitrogens with zero attached hydrogens (tertiary/aromatic N) is 3. The summed E-state index contributed by atoms with van der Waals surface area (Å²) in [6.45, 7) is 0.295. The number of hydrogen-bond donors (Lipinski definition) is 0. The summed E-state index contributed by atoms with van der Waals surface area (Å²) in [5.41, 5.74) is 2.35. The number of carbonyl (C=O) groups excluding carboxylic acids is 2. The highest BCUT2D eigenvalue weighted by Gasteiger charge is 2.35. The highest BCUT2D eigenvalue weighted by Crippen LogP contribution is 2.36. The Labute approximate surface area is 208 Å². The standard InChI is InChI=1S/C26H26ClN3O5/c1-33-14-12-29(26(32)24-11-6-13-35-24)17-25(31)30-23(20-9-3-4-10-21(20)27)16-22(28-30)18-7-5-8-19(15-18)34-2/h3-11,13,15,23H,12,14,16-17H2,1-2H3/t23-/m1/s1. The van der Waals surface area contributed by atoms with E-state index in [2.05, 4.69) is 5.10 Å². The molecule has 2 heterocycles. The van der Waals surface area contributed by atoms with Gasteiger partial charge in [-0.25, -0.2) is 5.01 Å². The third kappa shape index (κ3) is 5.55. The van der Waals surface area contributed by atoms with Gasteiger partial charge in [0.1, 0.15) is 12.3 Å². The van der Waals surface area contributed by atoms with Crippen LogP contribution in [0.15, 0.2) is 76.4 Å². The molecule has 0 aliphatic carbocycles. The number of hydrazone groups is 1. The third-order valence-electron chi connectivity index (χ3n) is 5.74. The van der Waals surface area contributed by atoms with Crippen LogP contribution in [0.4, 0.5) is 0 Å². The monoisotopic (exact) mass is 495 g/mol. The molecule has 0 unspecified atom stereocenters. The molecule has 0 fully saturated rings. The van der Waals surface area contributed by atoms with Gasteiger partial charge in [0.2, 0.25) is 0 Å². The molecule has 0 saturated carbocycles. The van der Waals surface area contributed by atoms with E-state index in [1.54, 1.807) is 25.3 Å². The summed E-state index contributed by atoms with van der Waals surface area (Å²) in [5, 5.41) is 6.65. The highest BCUT2D eigenvalue weighted by molar-refractivity contribution is 6.31. The first-order valence-electron chi connectivity index (χ1n) is 11.1. The molecule has 3 aromatic rings. The number of halogens is 1. The van der Waals surface area contributed by atoms with Crippen molar-refractivity contribution < 1.29 is 23.5 Å². The third-order valence-corrected chi connectivity index (χ3v) is 6.09. The number of carbonyl (C=O) groups is 2. The molecule has 1 atom stereocenters. The van der Waals surface area contributed by atoms with Crippen LogP contribution in [0.3, 0.4) is 0 Å². The van der Waals surface area contributed by atoms with Gasteiger partial charge in [-0.15, -0.1) is 0 Å². The van der Waals surface area contributed by atoms with Gasteiger partial charge in [0.05, 0.1) is 31.7 Å². The van der Waals surface area contributed by atoms with E-state index in [1.807, 2.05) is 42.5 Å². The van der Waals surface area contributed by atoms with E-state index in [0.29, 0.717) is 17.2 Å². The summed E-state index contributed by atoms with van der Waals surface area (Å²) in [4.78, 5) is 27.9. The van der Waals surface area contributed by atoms with Crippen molar-refractivity contribution in [3.05, 3.63) is 88.8 Å². The molecular weight excluding hydrogens is 470 g/mol. The van der Waals surface area contributed by atoms with Crippen LogP contribution in [-0.2, 0) is 9.53 Å². The fourth-order valence-electron chi connectivity index (χ4n) is 3.95. The first-order valence-corrected chi connectivity index (χ1v) is 11.5. The first-order chi connectivity index (χ1) is 17.0. The molecule has 35 heavy (non-hydrogen) atoms. The van der Waals surface area contributed by atoms with Gasteiger partial charge in [-0.1, -0.05) is 41.9 Å². The summed E-state index contributed by atoms with van der Waals surface area (Å²) < 4.78 is 15.7. The molecular formula is C26H26ClN3O5. The second kappa shape index (κ2) is 11.2. The molecule has 1 aliphatic rings. The van der Waals surface area contributed by atoms with Gasteiger partial charge in [-0.05, 0) is 35.9 Å². The van der Waals surface area contributed by atoms with Gasteiger partial charge in [0.25, 0.3) is 11.8 Å². The predicted octanol–water partition coefficient (Wildman–Crippen LogP) is 4.41. The van der Waals surface area contributed by atoms with Crippen molar-refractivity contribution in [1.82, 2.24) is 9.91 Å². The lowest BCUT2D eigenvalue weighted by atomic mass is 9.98. The van der Waals surface area contributed by atoms with E-state index in [1.165, 1.54) is 23.3 Å². The van der Waals surface area contributed by atoms with Crippen molar-refractivity contribution in [3.63, 3.8) is 0 Å². The number of furan rings is 1. The summed E-state index contributed by atoms with van der Waals surface area (Å²) in [6, 6.07) is 17.7. The normalized spacial score (nSPS) is 15.1. The second-order valence-electron chi connectivity index (χ2n) is 7.96. The molecule has 182 valence electrons. The van der Waals surface area contributed by atoms with E-state index in [0.717, 1.165) is 16.8 Å². The average molecular weight is 496 g/mol. The van der Waals surface area contributed by atoms with Gasteiger partial charge in [0.15, 0.2) is 5.76 Å². The Morgan fingerprint density at radius 3 is 2.69 bits per heavy atom. The number of ether oxygens (including phenoxy) is 2. The fourth-order valence-corrected chi connectivity index (χ4v) is 4.21. The van der Waals surface area contributed by atoms with Crippen molar-refractivity contribution in [1.29, 1.82) is 0 Å². The zero-order valence-electron chi connectivity index (χ0n) is 19.5. The Morgan fingerprint density at radius 2 is 1.97 bits per heavy atom. The minimum atomic E-state index is -0.416. The number of rotatable bonds is 9. The lowest BCUT2D eigenvalue weighted by Crippen LogP contribution is -2.42. The van der Waals surface area contributed by atoms with E-state index >= 15 is 0 Å². The maximum Gasteiger partial charge on any atom is 0.290 e. The van der Waals surface area contributed by atoms with E-state index in [-0.39, 0.29) is 31.4 Å². The minimum absolute atomic E-state index is 0.151. The van der Waals surface area contributed by atoms with Crippen LogP contribution in [0.5, 0.6) is 5.75 Å². The Morgan fingerprint density at radius 1 is 1.14 bits per heavy atom. The molecule has 4 rings (SSSR count). The number of amides is 2. The molecule has 0 saturated heterocycles. The van der Waals surface area contributed by atoms with E-state index in [9.17, 15) is 9.59 Å². The zero-order valence-corrected chi connectivity index (χ0v) is 20.3. The van der Waals surface area contributed by atoms with Crippen LogP contribution in [0.25, 0.3) is 0 Å². The van der Waals surface area contributed by atoms with Crippen LogP contribution in [0.2, 0.25) is 5.02 Å². The maximum atomic E-state index is 13.6. The van der Waals surface area contributed by atoms with Crippen molar-refractivity contribution >= 4 is 29.1 Å². The molecule has 1 aliphatic heterocycles. The largest absolute Gasteiger partial charge is 0.497 e. The zero-order chi connectivity index (χ0) is 24.8. The molecule has 0 radical (unpaired) electrons. The van der Waals surface area contributed by atoms with Crippen molar-refractivity contribution in [3.8, 4) is 5.75 Å². The maximum absolute atomic E-state index is 13.6. The Balaban J connectivity index is 1.65. The van der Waals surface area contributed by atoms with Crippen LogP contribution in [-0.4, -0.2) is 61.4 Å². The van der Waals surface area contributed by atoms with Crippen LogP contribution in [0, 0.1) is 0 Å². The lowest BCUT2D eigenvalue weighted by Gasteiger charge is -2.26. The average Bonchev–Trinajstić information content (AvgIpc) is 3.57. The Hall–Kier alpha value is -3.62. The van der Waals surface area contributed by atoms with E-state index < -0.39 is 11.9 Å². The Kier molecular flexibility index (Phi) is 7.84. The van der Waals surface area contributed by atoms with Crippen LogP contribution < -0.4 is 4.74 Å². The number of methoxy groups -OCH3 is 2. The SMILES string of the molecule is COCCN(CC(=O)N1N=C(c2cccc(OC)c2)C[C@@H]1c1ccccc1Cl)C(=O)c1ccco1. The van der Waals surface area contributed by atoms with Gasteiger partial charge < -0.3 is 18.8 Å². The van der Waals surface area contributed by atoms with Crippen molar-refractivity contribution in [2.75, 3.05) is 33.9 Å². The molecule has 0 N–H and O–H groups in total. The molecule has 0 spiro atoms. The van der Waals surface area contributed by atoms with Crippen molar-refractivity contribution in [2.24, 2.45) is 5.10 Å². The highest BCUT2D eigenvalue weighted by atomic mass is 35.5. The van der Waals surface area contributed by atoms with Crippen LogP contribution >= 0.6 is 11.6 Å². The molecule has 0 bridgehead atoms. The van der Waals surface area contributed by atoms with Gasteiger partial charge in [-0.3, -0.25) is 9.59 Å². The summed E-state index contributed by atoms with van der Waals surface area (Å²) >= 11 is 6.51. The number of benzene rings is 2. The quantitative estimate of drug-likeness (QED) is 0.439. The van der Waals surface area contributed by atoms with Crippen LogP contribution in [0.1, 0.15) is 34.1 Å². The second-order valence-corrected chi connectivity index (χ2v) is 8.36. The fraction of sp³-hybridized carbons (Fsp3) is 0.269. The smallest absolute Gasteiger partial charge is 0.290 e. The topological polar surface area (TPSA) is 84.6 Å². The molecule has 1 aromatic heterocycles. The lowest BCUT2D eigenvalue weighted by molar-refractivity contribution is -0.133. The summed E-state index contributed by atoms with van der Waals surface area (Å²) in [6.07, 6.45) is 1.88. The van der Waals surface area contributed by atoms with Gasteiger partial charge in [0, 0.05) is 30.7 Å². The molecule has 2 aromatic carbocycles. The van der Waals surface area contributed by atoms with Gasteiger partial charge >= 0.3 is 0 Å². The van der Waals surface area contributed by atoms with Crippen molar-refractivity contribution in [2.45, 2.75) is 12.5 Å². The summed E-state index contributed by atoms with van der Waals surface area (Å²) in [7, 11) is 3.14. The molecule has 9 heteroatoms. The molecule has 2 amide bonds. The predicted molar refractivity (Wildman–Crippen MR) is 132 cm³/mol. The molecule has 8 nitrogen and oxygen atoms in total. The first kappa shape index (κ1) is 24.5. The van der Waals surface area contributed by atoms with Gasteiger partial charge in [-0.2, -0.15) is 5.10 Å². The minimum Gasteiger partial charge on any atom is -0.497 e. The number of hydrogen-bond acceptors (Lipinski definition) is 6. The van der Waals surface area contributed by atoms with E-state index in [4.69, 9.17) is 25.5 Å². The summed E-state index contributed by atoms with van der Waals surface area (Å²) in [5.74, 6) is 0.104. The Bertz CT molecular complexity index is 1210.